The van der Waals surface area contributed by atoms with Crippen LogP contribution in [0.25, 0.3) is 0 Å². The molecule has 2 N–H and O–H groups in total. The van der Waals surface area contributed by atoms with Crippen molar-refractivity contribution in [3.8, 4) is 5.75 Å². The Kier molecular flexibility index (Phi) is 6.95. The first-order chi connectivity index (χ1) is 12.1. The summed E-state index contributed by atoms with van der Waals surface area (Å²) in [7, 11) is 1.58. The van der Waals surface area contributed by atoms with Crippen molar-refractivity contribution in [1.29, 1.82) is 0 Å². The molecule has 0 fully saturated rings. The molecule has 0 aliphatic rings. The molecule has 0 aliphatic carbocycles. The van der Waals surface area contributed by atoms with Gasteiger partial charge in [0, 0.05) is 13.1 Å². The summed E-state index contributed by atoms with van der Waals surface area (Å²) in [5.74, 6) is -0.305. The second-order valence-electron chi connectivity index (χ2n) is 5.49. The van der Waals surface area contributed by atoms with E-state index in [0.29, 0.717) is 18.5 Å². The van der Waals surface area contributed by atoms with E-state index in [9.17, 15) is 14.0 Å². The first-order valence-electron chi connectivity index (χ1n) is 7.98. The number of halogens is 1. The van der Waals surface area contributed by atoms with E-state index in [1.54, 1.807) is 37.4 Å². The summed E-state index contributed by atoms with van der Waals surface area (Å²) in [5, 5.41) is 5.30. The van der Waals surface area contributed by atoms with Crippen LogP contribution in [-0.4, -0.2) is 25.5 Å². The summed E-state index contributed by atoms with van der Waals surface area (Å²) in [4.78, 5) is 23.5. The molecule has 2 amide bonds. The zero-order valence-electron chi connectivity index (χ0n) is 14.0. The van der Waals surface area contributed by atoms with Gasteiger partial charge in [-0.1, -0.05) is 30.3 Å². The predicted octanol–water partition coefficient (Wildman–Crippen LogP) is 2.20. The third-order valence-corrected chi connectivity index (χ3v) is 3.64. The van der Waals surface area contributed by atoms with E-state index in [4.69, 9.17) is 4.74 Å². The lowest BCUT2D eigenvalue weighted by atomic mass is 10.1. The molecule has 0 saturated heterocycles. The number of nitrogens with one attached hydrogen (secondary N) is 2. The van der Waals surface area contributed by atoms with Gasteiger partial charge in [-0.25, -0.2) is 4.39 Å². The van der Waals surface area contributed by atoms with E-state index >= 15 is 0 Å². The first kappa shape index (κ1) is 18.4. The summed E-state index contributed by atoms with van der Waals surface area (Å²) in [5.41, 5.74) is 1.45. The number of carbonyl (C=O) groups excluding carboxylic acids is 2. The van der Waals surface area contributed by atoms with Gasteiger partial charge in [0.25, 0.3) is 0 Å². The molecular weight excluding hydrogens is 323 g/mol. The van der Waals surface area contributed by atoms with E-state index < -0.39 is 0 Å². The van der Waals surface area contributed by atoms with Crippen LogP contribution < -0.4 is 15.4 Å². The number of amides is 2. The molecule has 0 unspecified atom stereocenters. The Morgan fingerprint density at radius 2 is 1.68 bits per heavy atom. The second kappa shape index (κ2) is 9.42. The minimum Gasteiger partial charge on any atom is -0.497 e. The highest BCUT2D eigenvalue weighted by molar-refractivity contribution is 5.96. The highest BCUT2D eigenvalue weighted by Crippen LogP contribution is 2.11. The Morgan fingerprint density at radius 1 is 1.00 bits per heavy atom. The van der Waals surface area contributed by atoms with Crippen LogP contribution in [0.5, 0.6) is 5.75 Å². The van der Waals surface area contributed by atoms with Crippen LogP contribution in [0, 0.1) is 5.82 Å². The van der Waals surface area contributed by atoms with Gasteiger partial charge in [0.1, 0.15) is 18.0 Å². The largest absolute Gasteiger partial charge is 0.497 e. The van der Waals surface area contributed by atoms with Crippen molar-refractivity contribution >= 4 is 11.8 Å². The van der Waals surface area contributed by atoms with Gasteiger partial charge < -0.3 is 15.4 Å². The molecule has 0 spiro atoms. The molecule has 0 heterocycles. The zero-order chi connectivity index (χ0) is 18.1. The standard InChI is InChI=1S/C19H21FN2O3/c1-25-16-8-6-14(7-9-16)13-22-19(24)12-18(23)21-11-10-15-4-2-3-5-17(15)20/h2-9H,10-13H2,1H3,(H,21,23)(H,22,24). The van der Waals surface area contributed by atoms with Crippen molar-refractivity contribution in [2.24, 2.45) is 0 Å². The van der Waals surface area contributed by atoms with Crippen LogP contribution in [0.15, 0.2) is 48.5 Å². The van der Waals surface area contributed by atoms with Gasteiger partial charge in [0.05, 0.1) is 7.11 Å². The summed E-state index contributed by atoms with van der Waals surface area (Å²) in [6.45, 7) is 0.622. The third-order valence-electron chi connectivity index (χ3n) is 3.64. The number of methoxy groups -OCH3 is 1. The normalized spacial score (nSPS) is 10.2. The molecule has 0 atom stereocenters. The van der Waals surface area contributed by atoms with E-state index in [1.807, 2.05) is 12.1 Å². The summed E-state index contributed by atoms with van der Waals surface area (Å²) in [6, 6.07) is 13.7. The topological polar surface area (TPSA) is 67.4 Å². The highest BCUT2D eigenvalue weighted by atomic mass is 19.1. The maximum absolute atomic E-state index is 13.4. The van der Waals surface area contributed by atoms with Gasteiger partial charge in [-0.3, -0.25) is 9.59 Å². The molecule has 5 nitrogen and oxygen atoms in total. The maximum Gasteiger partial charge on any atom is 0.229 e. The predicted molar refractivity (Wildman–Crippen MR) is 92.6 cm³/mol. The fraction of sp³-hybridized carbons (Fsp3) is 0.263. The molecular formula is C19H21FN2O3. The lowest BCUT2D eigenvalue weighted by molar-refractivity contribution is -0.129. The average molecular weight is 344 g/mol. The highest BCUT2D eigenvalue weighted by Gasteiger charge is 2.09. The van der Waals surface area contributed by atoms with Gasteiger partial charge >= 0.3 is 0 Å². The van der Waals surface area contributed by atoms with Crippen LogP contribution in [0.4, 0.5) is 4.39 Å². The number of carbonyl (C=O) groups is 2. The number of ether oxygens (including phenoxy) is 1. The van der Waals surface area contributed by atoms with Crippen LogP contribution >= 0.6 is 0 Å². The smallest absolute Gasteiger partial charge is 0.229 e. The maximum atomic E-state index is 13.4. The molecule has 25 heavy (non-hydrogen) atoms. The fourth-order valence-corrected chi connectivity index (χ4v) is 2.25. The first-order valence-corrected chi connectivity index (χ1v) is 7.98. The zero-order valence-corrected chi connectivity index (χ0v) is 14.0. The third kappa shape index (κ3) is 6.25. The number of benzene rings is 2. The lowest BCUT2D eigenvalue weighted by Gasteiger charge is -2.08. The van der Waals surface area contributed by atoms with Gasteiger partial charge in [0.2, 0.25) is 11.8 Å². The van der Waals surface area contributed by atoms with Crippen molar-refractivity contribution in [3.63, 3.8) is 0 Å². The number of hydrogen-bond acceptors (Lipinski definition) is 3. The van der Waals surface area contributed by atoms with Gasteiger partial charge in [-0.15, -0.1) is 0 Å². The van der Waals surface area contributed by atoms with Crippen molar-refractivity contribution in [2.45, 2.75) is 19.4 Å². The molecule has 132 valence electrons. The summed E-state index contributed by atoms with van der Waals surface area (Å²) < 4.78 is 18.5. The Balaban J connectivity index is 1.67. The van der Waals surface area contributed by atoms with Crippen molar-refractivity contribution in [3.05, 3.63) is 65.5 Å². The van der Waals surface area contributed by atoms with Crippen LogP contribution in [-0.2, 0) is 22.6 Å². The van der Waals surface area contributed by atoms with Crippen molar-refractivity contribution in [2.75, 3.05) is 13.7 Å². The summed E-state index contributed by atoms with van der Waals surface area (Å²) >= 11 is 0. The number of rotatable bonds is 8. The Hall–Kier alpha value is -2.89. The van der Waals surface area contributed by atoms with Crippen LogP contribution in [0.3, 0.4) is 0 Å². The Bertz CT molecular complexity index is 717. The number of hydrogen-bond donors (Lipinski definition) is 2. The molecule has 0 radical (unpaired) electrons. The monoisotopic (exact) mass is 344 g/mol. The minimum absolute atomic E-state index is 0.257. The van der Waals surface area contributed by atoms with Crippen molar-refractivity contribution < 1.29 is 18.7 Å². The van der Waals surface area contributed by atoms with Crippen LogP contribution in [0.2, 0.25) is 0 Å². The molecule has 2 aromatic carbocycles. The lowest BCUT2D eigenvalue weighted by Crippen LogP contribution is -2.32. The fourth-order valence-electron chi connectivity index (χ4n) is 2.25. The molecule has 0 bridgehead atoms. The van der Waals surface area contributed by atoms with E-state index in [1.165, 1.54) is 6.07 Å². The van der Waals surface area contributed by atoms with Crippen LogP contribution in [0.1, 0.15) is 17.5 Å². The Morgan fingerprint density at radius 3 is 2.36 bits per heavy atom. The SMILES string of the molecule is COc1ccc(CNC(=O)CC(=O)NCCc2ccccc2F)cc1. The van der Waals surface area contributed by atoms with Crippen molar-refractivity contribution in [1.82, 2.24) is 10.6 Å². The van der Waals surface area contributed by atoms with Gasteiger partial charge in [-0.2, -0.15) is 0 Å². The molecule has 6 heteroatoms. The average Bonchev–Trinajstić information content (AvgIpc) is 2.62. The summed E-state index contributed by atoms with van der Waals surface area (Å²) in [6.07, 6.45) is 0.124. The van der Waals surface area contributed by atoms with Gasteiger partial charge in [0.15, 0.2) is 0 Å². The molecule has 0 aliphatic heterocycles. The molecule has 2 rings (SSSR count). The molecule has 0 aromatic heterocycles. The Labute approximate surface area is 146 Å². The van der Waals surface area contributed by atoms with E-state index in [-0.39, 0.29) is 30.6 Å². The van der Waals surface area contributed by atoms with E-state index in [2.05, 4.69) is 10.6 Å². The minimum atomic E-state index is -0.386. The molecule has 0 saturated carbocycles. The van der Waals surface area contributed by atoms with Gasteiger partial charge in [-0.05, 0) is 35.7 Å². The van der Waals surface area contributed by atoms with E-state index in [0.717, 1.165) is 11.3 Å². The molecule has 2 aromatic rings. The second-order valence-corrected chi connectivity index (χ2v) is 5.49. The quantitative estimate of drug-likeness (QED) is 0.722.